The Kier molecular flexibility index (Phi) is 5.83. The molecule has 0 atom stereocenters. The second-order valence-electron chi connectivity index (χ2n) is 5.76. The number of ether oxygens (including phenoxy) is 1. The van der Waals surface area contributed by atoms with Gasteiger partial charge in [0.15, 0.2) is 5.78 Å². The summed E-state index contributed by atoms with van der Waals surface area (Å²) in [6.45, 7) is 3.14. The monoisotopic (exact) mass is 402 g/mol. The number of nitrogens with one attached hydrogen (secondary N) is 1. The first kappa shape index (κ1) is 17.6. The summed E-state index contributed by atoms with van der Waals surface area (Å²) >= 11 is 3.33. The lowest BCUT2D eigenvalue weighted by Crippen LogP contribution is -2.36. The Morgan fingerprint density at radius 2 is 1.76 bits per heavy atom. The van der Waals surface area contributed by atoms with E-state index in [1.807, 2.05) is 18.2 Å². The minimum absolute atomic E-state index is 0.0255. The fourth-order valence-electron chi connectivity index (χ4n) is 2.67. The molecular weight excluding hydrogens is 384 g/mol. The van der Waals surface area contributed by atoms with Gasteiger partial charge in [0.25, 0.3) is 5.91 Å². The summed E-state index contributed by atoms with van der Waals surface area (Å²) in [7, 11) is 0. The van der Waals surface area contributed by atoms with Crippen molar-refractivity contribution in [3.8, 4) is 0 Å². The number of carbonyl (C=O) groups excluding carboxylic acids is 2. The summed E-state index contributed by atoms with van der Waals surface area (Å²) in [5, 5.41) is 2.67. The summed E-state index contributed by atoms with van der Waals surface area (Å²) in [5.41, 5.74) is 2.19. The molecule has 0 radical (unpaired) electrons. The van der Waals surface area contributed by atoms with E-state index in [9.17, 15) is 9.59 Å². The maximum absolute atomic E-state index is 12.3. The van der Waals surface area contributed by atoms with E-state index in [0.29, 0.717) is 11.1 Å². The number of anilines is 1. The first-order valence-electron chi connectivity index (χ1n) is 8.13. The van der Waals surface area contributed by atoms with Crippen molar-refractivity contribution in [1.82, 2.24) is 5.32 Å². The van der Waals surface area contributed by atoms with Crippen molar-refractivity contribution in [2.75, 3.05) is 37.7 Å². The van der Waals surface area contributed by atoms with Crippen LogP contribution in [0.25, 0.3) is 0 Å². The molecule has 3 rings (SSSR count). The van der Waals surface area contributed by atoms with E-state index < -0.39 is 0 Å². The predicted molar refractivity (Wildman–Crippen MR) is 100 cm³/mol. The fraction of sp³-hybridized carbons (Fsp3) is 0.263. The first-order valence-corrected chi connectivity index (χ1v) is 8.92. The standard InChI is InChI=1S/C19H19BrN2O3/c20-16-3-1-2-15(12-16)19(24)21-13-18(23)14-4-6-17(7-5-14)22-8-10-25-11-9-22/h1-7,12H,8-11,13H2,(H,21,24). The number of Topliss-reactive ketones (excluding diaryl/α,β-unsaturated/α-hetero) is 1. The van der Waals surface area contributed by atoms with Crippen molar-refractivity contribution in [1.29, 1.82) is 0 Å². The molecule has 1 aliphatic rings. The first-order chi connectivity index (χ1) is 12.1. The van der Waals surface area contributed by atoms with Crippen LogP contribution in [0.15, 0.2) is 53.0 Å². The molecule has 1 fully saturated rings. The second-order valence-corrected chi connectivity index (χ2v) is 6.68. The maximum atomic E-state index is 12.3. The summed E-state index contributed by atoms with van der Waals surface area (Å²) in [4.78, 5) is 26.6. The molecule has 6 heteroatoms. The zero-order valence-corrected chi connectivity index (χ0v) is 15.3. The van der Waals surface area contributed by atoms with Crippen LogP contribution in [0.3, 0.4) is 0 Å². The van der Waals surface area contributed by atoms with Gasteiger partial charge in [0.1, 0.15) is 0 Å². The van der Waals surface area contributed by atoms with E-state index in [1.54, 1.807) is 30.3 Å². The van der Waals surface area contributed by atoms with Gasteiger partial charge < -0.3 is 15.0 Å². The number of amides is 1. The van der Waals surface area contributed by atoms with Crippen LogP contribution in [-0.2, 0) is 4.74 Å². The third-order valence-electron chi connectivity index (χ3n) is 4.06. The van der Waals surface area contributed by atoms with Crippen LogP contribution in [-0.4, -0.2) is 44.5 Å². The highest BCUT2D eigenvalue weighted by Gasteiger charge is 2.13. The normalized spacial score (nSPS) is 14.2. The Balaban J connectivity index is 1.56. The molecule has 1 aliphatic heterocycles. The Hall–Kier alpha value is -2.18. The molecule has 1 heterocycles. The topological polar surface area (TPSA) is 58.6 Å². The zero-order valence-electron chi connectivity index (χ0n) is 13.7. The lowest BCUT2D eigenvalue weighted by atomic mass is 10.1. The van der Waals surface area contributed by atoms with Gasteiger partial charge in [-0.05, 0) is 42.5 Å². The van der Waals surface area contributed by atoms with E-state index in [0.717, 1.165) is 36.5 Å². The third kappa shape index (κ3) is 4.67. The predicted octanol–water partition coefficient (Wildman–Crippen LogP) is 2.90. The number of morpholine rings is 1. The van der Waals surface area contributed by atoms with Crippen LogP contribution < -0.4 is 10.2 Å². The van der Waals surface area contributed by atoms with Gasteiger partial charge in [0, 0.05) is 34.4 Å². The van der Waals surface area contributed by atoms with Gasteiger partial charge in [-0.3, -0.25) is 9.59 Å². The van der Waals surface area contributed by atoms with Crippen molar-refractivity contribution >= 4 is 33.3 Å². The third-order valence-corrected chi connectivity index (χ3v) is 4.56. The lowest BCUT2D eigenvalue weighted by molar-refractivity contribution is 0.0904. The van der Waals surface area contributed by atoms with Crippen LogP contribution in [0.5, 0.6) is 0 Å². The number of benzene rings is 2. The van der Waals surface area contributed by atoms with Crippen molar-refractivity contribution in [2.45, 2.75) is 0 Å². The number of halogens is 1. The van der Waals surface area contributed by atoms with Crippen molar-refractivity contribution < 1.29 is 14.3 Å². The number of nitrogens with zero attached hydrogens (tertiary/aromatic N) is 1. The van der Waals surface area contributed by atoms with Crippen LogP contribution in [0.4, 0.5) is 5.69 Å². The molecule has 25 heavy (non-hydrogen) atoms. The highest BCUT2D eigenvalue weighted by atomic mass is 79.9. The van der Waals surface area contributed by atoms with Gasteiger partial charge in [-0.15, -0.1) is 0 Å². The van der Waals surface area contributed by atoms with Gasteiger partial charge in [0.2, 0.25) is 0 Å². The van der Waals surface area contributed by atoms with Crippen LogP contribution in [0, 0.1) is 0 Å². The minimum atomic E-state index is -0.264. The Morgan fingerprint density at radius 1 is 1.04 bits per heavy atom. The van der Waals surface area contributed by atoms with Crippen molar-refractivity contribution in [3.05, 3.63) is 64.1 Å². The van der Waals surface area contributed by atoms with Crippen molar-refractivity contribution in [3.63, 3.8) is 0 Å². The van der Waals surface area contributed by atoms with Gasteiger partial charge in [-0.25, -0.2) is 0 Å². The average molecular weight is 403 g/mol. The number of hydrogen-bond acceptors (Lipinski definition) is 4. The Labute approximate surface area is 155 Å². The molecular formula is C19H19BrN2O3. The molecule has 1 saturated heterocycles. The molecule has 0 bridgehead atoms. The van der Waals surface area contributed by atoms with Gasteiger partial charge in [-0.2, -0.15) is 0 Å². The van der Waals surface area contributed by atoms with E-state index in [2.05, 4.69) is 26.1 Å². The molecule has 130 valence electrons. The quantitative estimate of drug-likeness (QED) is 0.781. The highest BCUT2D eigenvalue weighted by Crippen LogP contribution is 2.17. The number of hydrogen-bond donors (Lipinski definition) is 1. The molecule has 0 saturated carbocycles. The molecule has 0 unspecified atom stereocenters. The smallest absolute Gasteiger partial charge is 0.251 e. The van der Waals surface area contributed by atoms with E-state index in [-0.39, 0.29) is 18.2 Å². The van der Waals surface area contributed by atoms with E-state index in [4.69, 9.17) is 4.74 Å². The summed E-state index contributed by atoms with van der Waals surface area (Å²) < 4.78 is 6.17. The van der Waals surface area contributed by atoms with Crippen molar-refractivity contribution in [2.24, 2.45) is 0 Å². The van der Waals surface area contributed by atoms with Crippen LogP contribution >= 0.6 is 15.9 Å². The lowest BCUT2D eigenvalue weighted by Gasteiger charge is -2.28. The van der Waals surface area contributed by atoms with E-state index in [1.165, 1.54) is 0 Å². The average Bonchev–Trinajstić information content (AvgIpc) is 2.66. The molecule has 0 spiro atoms. The van der Waals surface area contributed by atoms with Crippen LogP contribution in [0.2, 0.25) is 0 Å². The summed E-state index contributed by atoms with van der Waals surface area (Å²) in [6, 6.07) is 14.5. The zero-order chi connectivity index (χ0) is 17.6. The minimum Gasteiger partial charge on any atom is -0.378 e. The molecule has 0 aromatic heterocycles. The molecule has 1 amide bonds. The largest absolute Gasteiger partial charge is 0.378 e. The van der Waals surface area contributed by atoms with E-state index >= 15 is 0 Å². The highest BCUT2D eigenvalue weighted by molar-refractivity contribution is 9.10. The van der Waals surface area contributed by atoms with Crippen LogP contribution in [0.1, 0.15) is 20.7 Å². The molecule has 2 aromatic carbocycles. The number of rotatable bonds is 5. The Morgan fingerprint density at radius 3 is 2.44 bits per heavy atom. The molecule has 5 nitrogen and oxygen atoms in total. The molecule has 1 N–H and O–H groups in total. The number of carbonyl (C=O) groups is 2. The fourth-order valence-corrected chi connectivity index (χ4v) is 3.07. The summed E-state index contributed by atoms with van der Waals surface area (Å²) in [5.74, 6) is -0.378. The SMILES string of the molecule is O=C(CNC(=O)c1cccc(Br)c1)c1ccc(N2CCOCC2)cc1. The van der Waals surface area contributed by atoms with Gasteiger partial charge >= 0.3 is 0 Å². The second kappa shape index (κ2) is 8.27. The molecule has 0 aliphatic carbocycles. The molecule has 2 aromatic rings. The van der Waals surface area contributed by atoms with Gasteiger partial charge in [-0.1, -0.05) is 22.0 Å². The van der Waals surface area contributed by atoms with Gasteiger partial charge in [0.05, 0.1) is 19.8 Å². The Bertz CT molecular complexity index is 756. The summed E-state index contributed by atoms with van der Waals surface area (Å²) in [6.07, 6.45) is 0. The maximum Gasteiger partial charge on any atom is 0.251 e. The number of ketones is 1.